The van der Waals surface area contributed by atoms with Gasteiger partial charge >= 0.3 is 0 Å². The second-order valence-corrected chi connectivity index (χ2v) is 3.60. The molecule has 0 fully saturated rings. The second-order valence-electron chi connectivity index (χ2n) is 3.60. The Morgan fingerprint density at radius 3 is 2.20 bits per heavy atom. The van der Waals surface area contributed by atoms with E-state index in [2.05, 4.69) is 31.8 Å². The lowest BCUT2D eigenvalue weighted by molar-refractivity contribution is 0.856. The molecule has 1 aromatic rings. The summed E-state index contributed by atoms with van der Waals surface area (Å²) in [5, 5.41) is 0. The predicted octanol–water partition coefficient (Wildman–Crippen LogP) is 4.32. The number of hydrogen-bond donors (Lipinski definition) is 0. The third kappa shape index (κ3) is 4.96. The van der Waals surface area contributed by atoms with Crippen molar-refractivity contribution in [1.29, 1.82) is 0 Å². The van der Waals surface area contributed by atoms with Crippen LogP contribution in [0.15, 0.2) is 12.3 Å². The van der Waals surface area contributed by atoms with E-state index in [-0.39, 0.29) is 0 Å². The molecule has 0 saturated heterocycles. The summed E-state index contributed by atoms with van der Waals surface area (Å²) in [4.78, 5) is 4.41. The Morgan fingerprint density at radius 1 is 1.07 bits per heavy atom. The first kappa shape index (κ1) is 14.2. The molecule has 1 heterocycles. The number of aromatic nitrogens is 1. The lowest BCUT2D eigenvalue weighted by Crippen LogP contribution is -1.95. The zero-order chi connectivity index (χ0) is 11.7. The van der Waals surface area contributed by atoms with Crippen LogP contribution < -0.4 is 0 Å². The summed E-state index contributed by atoms with van der Waals surface area (Å²) in [6.07, 6.45) is 6.70. The van der Waals surface area contributed by atoms with Crippen LogP contribution in [0, 0.1) is 6.92 Å². The zero-order valence-electron chi connectivity index (χ0n) is 10.9. The lowest BCUT2D eigenvalue weighted by atomic mass is 10.0. The monoisotopic (exact) mass is 207 g/mol. The molecule has 0 amide bonds. The van der Waals surface area contributed by atoms with Gasteiger partial charge in [-0.15, -0.1) is 0 Å². The molecular formula is C14H25N. The third-order valence-corrected chi connectivity index (χ3v) is 2.30. The van der Waals surface area contributed by atoms with Gasteiger partial charge < -0.3 is 0 Å². The molecule has 0 N–H and O–H groups in total. The van der Waals surface area contributed by atoms with E-state index in [9.17, 15) is 0 Å². The molecule has 0 aliphatic carbocycles. The molecule has 0 unspecified atom stereocenters. The van der Waals surface area contributed by atoms with Crippen molar-refractivity contribution in [2.45, 2.75) is 60.3 Å². The molecule has 1 rings (SSSR count). The number of rotatable bonds is 4. The zero-order valence-corrected chi connectivity index (χ0v) is 10.9. The lowest BCUT2D eigenvalue weighted by Gasteiger charge is -2.06. The van der Waals surface area contributed by atoms with Crippen LogP contribution in [0.1, 0.15) is 57.4 Å². The maximum Gasteiger partial charge on any atom is 0.0406 e. The van der Waals surface area contributed by atoms with E-state index >= 15 is 0 Å². The standard InChI is InChI=1S/C12H19N.C2H6/c1-4-6-11-8-12(7-5-2)13-9-10(11)3;1-2/h8-9H,4-7H2,1-3H3;1-2H3. The maximum atomic E-state index is 4.41. The number of aryl methyl sites for hydroxylation is 3. The summed E-state index contributed by atoms with van der Waals surface area (Å²) in [5.41, 5.74) is 4.05. The van der Waals surface area contributed by atoms with Crippen molar-refractivity contribution in [3.8, 4) is 0 Å². The molecule has 1 aromatic heterocycles. The number of nitrogens with zero attached hydrogens (tertiary/aromatic N) is 1. The summed E-state index contributed by atoms with van der Waals surface area (Å²) in [6.45, 7) is 10.6. The largest absolute Gasteiger partial charge is 0.261 e. The van der Waals surface area contributed by atoms with Gasteiger partial charge in [0.2, 0.25) is 0 Å². The van der Waals surface area contributed by atoms with E-state index in [1.54, 1.807) is 0 Å². The number of pyridine rings is 1. The van der Waals surface area contributed by atoms with Crippen molar-refractivity contribution in [1.82, 2.24) is 4.98 Å². The van der Waals surface area contributed by atoms with E-state index in [0.29, 0.717) is 0 Å². The highest BCUT2D eigenvalue weighted by Gasteiger charge is 1.99. The van der Waals surface area contributed by atoms with Crippen LogP contribution in [0.25, 0.3) is 0 Å². The van der Waals surface area contributed by atoms with Crippen LogP contribution in [0.4, 0.5) is 0 Å². The van der Waals surface area contributed by atoms with Gasteiger partial charge in [-0.3, -0.25) is 4.98 Å². The first-order valence-electron chi connectivity index (χ1n) is 6.22. The maximum absolute atomic E-state index is 4.41. The summed E-state index contributed by atoms with van der Waals surface area (Å²) >= 11 is 0. The SMILES string of the molecule is CC.CCCc1cc(CCC)c(C)cn1. The van der Waals surface area contributed by atoms with Gasteiger partial charge in [0, 0.05) is 11.9 Å². The van der Waals surface area contributed by atoms with Crippen LogP contribution in [-0.2, 0) is 12.8 Å². The molecule has 86 valence electrons. The van der Waals surface area contributed by atoms with E-state index in [1.807, 2.05) is 20.0 Å². The minimum atomic E-state index is 1.11. The molecule has 1 nitrogen and oxygen atoms in total. The molecule has 15 heavy (non-hydrogen) atoms. The van der Waals surface area contributed by atoms with E-state index in [1.165, 1.54) is 36.1 Å². The fourth-order valence-electron chi connectivity index (χ4n) is 1.55. The quantitative estimate of drug-likeness (QED) is 0.716. The van der Waals surface area contributed by atoms with Crippen LogP contribution in [0.2, 0.25) is 0 Å². The van der Waals surface area contributed by atoms with Crippen molar-refractivity contribution in [3.63, 3.8) is 0 Å². The molecule has 0 aromatic carbocycles. The van der Waals surface area contributed by atoms with Crippen LogP contribution in [0.5, 0.6) is 0 Å². The average Bonchev–Trinajstić information content (AvgIpc) is 2.27. The van der Waals surface area contributed by atoms with Crippen molar-refractivity contribution in [3.05, 3.63) is 29.1 Å². The Morgan fingerprint density at radius 2 is 1.67 bits per heavy atom. The van der Waals surface area contributed by atoms with Crippen LogP contribution >= 0.6 is 0 Å². The fourth-order valence-corrected chi connectivity index (χ4v) is 1.55. The topological polar surface area (TPSA) is 12.9 Å². The fraction of sp³-hybridized carbons (Fsp3) is 0.643. The summed E-state index contributed by atoms with van der Waals surface area (Å²) in [5.74, 6) is 0. The minimum absolute atomic E-state index is 1.11. The Balaban J connectivity index is 0.000000921. The van der Waals surface area contributed by atoms with Gasteiger partial charge in [-0.05, 0) is 37.0 Å². The van der Waals surface area contributed by atoms with Gasteiger partial charge in [-0.2, -0.15) is 0 Å². The van der Waals surface area contributed by atoms with Crippen molar-refractivity contribution in [2.24, 2.45) is 0 Å². The Hall–Kier alpha value is -0.850. The molecule has 0 bridgehead atoms. The smallest absolute Gasteiger partial charge is 0.0406 e. The number of hydrogen-bond acceptors (Lipinski definition) is 1. The van der Waals surface area contributed by atoms with Gasteiger partial charge in [-0.1, -0.05) is 40.5 Å². The molecule has 0 radical (unpaired) electrons. The third-order valence-electron chi connectivity index (χ3n) is 2.30. The van der Waals surface area contributed by atoms with Crippen molar-refractivity contribution >= 4 is 0 Å². The van der Waals surface area contributed by atoms with Gasteiger partial charge in [0.05, 0.1) is 0 Å². The molecule has 0 spiro atoms. The van der Waals surface area contributed by atoms with E-state index in [0.717, 1.165) is 6.42 Å². The van der Waals surface area contributed by atoms with Gasteiger partial charge in [0.1, 0.15) is 0 Å². The molecule has 0 atom stereocenters. The molecule has 0 saturated carbocycles. The van der Waals surface area contributed by atoms with Crippen molar-refractivity contribution < 1.29 is 0 Å². The highest BCUT2D eigenvalue weighted by molar-refractivity contribution is 5.25. The summed E-state index contributed by atoms with van der Waals surface area (Å²) in [7, 11) is 0. The average molecular weight is 207 g/mol. The van der Waals surface area contributed by atoms with Crippen LogP contribution in [0.3, 0.4) is 0 Å². The molecule has 0 aliphatic heterocycles. The molecule has 1 heteroatoms. The Kier molecular flexibility index (Phi) is 7.98. The molecular weight excluding hydrogens is 182 g/mol. The van der Waals surface area contributed by atoms with Crippen LogP contribution in [-0.4, -0.2) is 4.98 Å². The minimum Gasteiger partial charge on any atom is -0.261 e. The Labute approximate surface area is 94.9 Å². The molecule has 0 aliphatic rings. The van der Waals surface area contributed by atoms with Crippen molar-refractivity contribution in [2.75, 3.05) is 0 Å². The van der Waals surface area contributed by atoms with Gasteiger partial charge in [0.15, 0.2) is 0 Å². The highest BCUT2D eigenvalue weighted by Crippen LogP contribution is 2.11. The van der Waals surface area contributed by atoms with Gasteiger partial charge in [0.25, 0.3) is 0 Å². The predicted molar refractivity (Wildman–Crippen MR) is 68.3 cm³/mol. The first-order valence-corrected chi connectivity index (χ1v) is 6.22. The summed E-state index contributed by atoms with van der Waals surface area (Å²) < 4.78 is 0. The Bertz CT molecular complexity index is 266. The second kappa shape index (κ2) is 8.46. The summed E-state index contributed by atoms with van der Waals surface area (Å²) in [6, 6.07) is 2.27. The normalized spacial score (nSPS) is 9.40. The van der Waals surface area contributed by atoms with E-state index < -0.39 is 0 Å². The highest BCUT2D eigenvalue weighted by atomic mass is 14.7. The van der Waals surface area contributed by atoms with Gasteiger partial charge in [-0.25, -0.2) is 0 Å². The first-order chi connectivity index (χ1) is 7.27. The van der Waals surface area contributed by atoms with E-state index in [4.69, 9.17) is 0 Å².